The molecule has 5 nitrogen and oxygen atoms in total. The fourth-order valence-electron chi connectivity index (χ4n) is 2.56. The Balaban J connectivity index is 1.96. The van der Waals surface area contributed by atoms with Gasteiger partial charge in [-0.1, -0.05) is 28.1 Å². The lowest BCUT2D eigenvalue weighted by Crippen LogP contribution is -2.14. The largest absolute Gasteiger partial charge is 0.384 e. The van der Waals surface area contributed by atoms with Crippen LogP contribution in [0, 0.1) is 6.92 Å². The second-order valence-electron chi connectivity index (χ2n) is 5.42. The predicted molar refractivity (Wildman–Crippen MR) is 86.8 cm³/mol. The van der Waals surface area contributed by atoms with Gasteiger partial charge >= 0.3 is 0 Å². The molecule has 1 atom stereocenters. The maximum Gasteiger partial charge on any atom is 0.152 e. The van der Waals surface area contributed by atoms with Gasteiger partial charge in [0.15, 0.2) is 9.84 Å². The first-order valence-electron chi connectivity index (χ1n) is 6.68. The molecule has 1 aromatic heterocycles. The van der Waals surface area contributed by atoms with E-state index in [0.29, 0.717) is 12.2 Å². The molecule has 21 heavy (non-hydrogen) atoms. The highest BCUT2D eigenvalue weighted by molar-refractivity contribution is 9.10. The molecule has 0 spiro atoms. The molecule has 1 saturated heterocycles. The summed E-state index contributed by atoms with van der Waals surface area (Å²) in [7, 11) is -2.95. The molecule has 0 bridgehead atoms. The molecule has 112 valence electrons. The van der Waals surface area contributed by atoms with E-state index in [0.717, 1.165) is 21.3 Å². The van der Waals surface area contributed by atoms with Crippen molar-refractivity contribution < 1.29 is 8.42 Å². The Bertz CT molecular complexity index is 799. The van der Waals surface area contributed by atoms with Gasteiger partial charge in [0.1, 0.15) is 5.82 Å². The van der Waals surface area contributed by atoms with Crippen molar-refractivity contribution in [3.05, 3.63) is 34.3 Å². The Labute approximate surface area is 132 Å². The van der Waals surface area contributed by atoms with Crippen LogP contribution in [-0.4, -0.2) is 29.7 Å². The van der Waals surface area contributed by atoms with Gasteiger partial charge in [0, 0.05) is 16.1 Å². The van der Waals surface area contributed by atoms with E-state index in [9.17, 15) is 8.42 Å². The highest BCUT2D eigenvalue weighted by atomic mass is 79.9. The molecule has 2 N–H and O–H groups in total. The zero-order valence-electron chi connectivity index (χ0n) is 11.6. The van der Waals surface area contributed by atoms with Crippen molar-refractivity contribution in [1.29, 1.82) is 0 Å². The topological polar surface area (TPSA) is 78.0 Å². The summed E-state index contributed by atoms with van der Waals surface area (Å²) < 4.78 is 25.8. The number of benzene rings is 1. The van der Waals surface area contributed by atoms with Gasteiger partial charge in [0.2, 0.25) is 0 Å². The third-order valence-corrected chi connectivity index (χ3v) is 6.39. The van der Waals surface area contributed by atoms with Crippen molar-refractivity contribution in [2.24, 2.45) is 0 Å². The Morgan fingerprint density at radius 1 is 1.38 bits per heavy atom. The molecular formula is C14H16BrN3O2S. The van der Waals surface area contributed by atoms with Gasteiger partial charge in [0.05, 0.1) is 23.2 Å². The Hall–Kier alpha value is -1.34. The molecule has 1 fully saturated rings. The van der Waals surface area contributed by atoms with Crippen LogP contribution in [0.4, 0.5) is 5.82 Å². The molecular weight excluding hydrogens is 354 g/mol. The molecule has 1 aliphatic rings. The minimum atomic E-state index is -2.95. The number of nitrogens with zero attached hydrogens (tertiary/aromatic N) is 2. The van der Waals surface area contributed by atoms with Crippen LogP contribution in [0.1, 0.15) is 18.0 Å². The molecule has 1 unspecified atom stereocenters. The van der Waals surface area contributed by atoms with Crippen molar-refractivity contribution in [2.45, 2.75) is 19.4 Å². The first-order chi connectivity index (χ1) is 9.85. The predicted octanol–water partition coefficient (Wildman–Crippen LogP) is 2.56. The quantitative estimate of drug-likeness (QED) is 0.881. The first-order valence-corrected chi connectivity index (χ1v) is 9.29. The average Bonchev–Trinajstić information content (AvgIpc) is 2.95. The van der Waals surface area contributed by atoms with Crippen LogP contribution in [0.3, 0.4) is 0 Å². The van der Waals surface area contributed by atoms with Crippen molar-refractivity contribution in [3.63, 3.8) is 0 Å². The maximum atomic E-state index is 11.6. The summed E-state index contributed by atoms with van der Waals surface area (Å²) in [6.45, 7) is 2.02. The monoisotopic (exact) mass is 369 g/mol. The lowest BCUT2D eigenvalue weighted by Gasteiger charge is -2.10. The van der Waals surface area contributed by atoms with Gasteiger partial charge in [-0.3, -0.25) is 0 Å². The Morgan fingerprint density at radius 3 is 2.76 bits per heavy atom. The minimum Gasteiger partial charge on any atom is -0.384 e. The molecule has 1 aliphatic heterocycles. The van der Waals surface area contributed by atoms with Gasteiger partial charge in [-0.15, -0.1) is 0 Å². The fourth-order valence-corrected chi connectivity index (χ4v) is 4.63. The summed E-state index contributed by atoms with van der Waals surface area (Å²) in [6, 6.07) is 7.62. The number of aromatic nitrogens is 2. The molecule has 0 amide bonds. The lowest BCUT2D eigenvalue weighted by atomic mass is 10.1. The van der Waals surface area contributed by atoms with Crippen LogP contribution in [0.25, 0.3) is 11.3 Å². The van der Waals surface area contributed by atoms with E-state index >= 15 is 0 Å². The van der Waals surface area contributed by atoms with Gasteiger partial charge in [-0.05, 0) is 25.0 Å². The summed E-state index contributed by atoms with van der Waals surface area (Å²) in [4.78, 5) is 0. The fraction of sp³-hybridized carbons (Fsp3) is 0.357. The third-order valence-electron chi connectivity index (χ3n) is 3.79. The number of hydrogen-bond donors (Lipinski definition) is 1. The highest BCUT2D eigenvalue weighted by Gasteiger charge is 2.31. The number of hydrogen-bond acceptors (Lipinski definition) is 4. The van der Waals surface area contributed by atoms with Crippen LogP contribution in [-0.2, 0) is 9.84 Å². The standard InChI is InChI=1S/C14H16BrN3O2S/c1-9-2-3-10(6-12(9)15)13-7-14(16)18(17-13)11-4-5-21(19,20)8-11/h2-3,6-7,11H,4-5,8,16H2,1H3. The smallest absolute Gasteiger partial charge is 0.152 e. The second kappa shape index (κ2) is 5.14. The van der Waals surface area contributed by atoms with Gasteiger partial charge in [-0.25, -0.2) is 13.1 Å². The summed E-state index contributed by atoms with van der Waals surface area (Å²) in [5.74, 6) is 0.835. The van der Waals surface area contributed by atoms with Gasteiger partial charge in [0.25, 0.3) is 0 Å². The number of anilines is 1. The molecule has 2 heterocycles. The van der Waals surface area contributed by atoms with Crippen molar-refractivity contribution in [2.75, 3.05) is 17.2 Å². The van der Waals surface area contributed by atoms with E-state index in [4.69, 9.17) is 5.73 Å². The second-order valence-corrected chi connectivity index (χ2v) is 8.50. The lowest BCUT2D eigenvalue weighted by molar-refractivity contribution is 0.508. The molecule has 0 aliphatic carbocycles. The van der Waals surface area contributed by atoms with E-state index in [2.05, 4.69) is 21.0 Å². The van der Waals surface area contributed by atoms with Crippen LogP contribution < -0.4 is 5.73 Å². The van der Waals surface area contributed by atoms with Crippen LogP contribution in [0.5, 0.6) is 0 Å². The van der Waals surface area contributed by atoms with Crippen molar-refractivity contribution >= 4 is 31.6 Å². The zero-order valence-corrected chi connectivity index (χ0v) is 14.0. The minimum absolute atomic E-state index is 0.121. The number of rotatable bonds is 2. The molecule has 0 saturated carbocycles. The number of nitrogen functional groups attached to an aromatic ring is 1. The first kappa shape index (κ1) is 14.6. The molecule has 2 aromatic rings. The Morgan fingerprint density at radius 2 is 2.14 bits per heavy atom. The van der Waals surface area contributed by atoms with Gasteiger partial charge in [-0.2, -0.15) is 5.10 Å². The molecule has 7 heteroatoms. The number of sulfone groups is 1. The summed E-state index contributed by atoms with van der Waals surface area (Å²) in [5, 5.41) is 4.50. The third kappa shape index (κ3) is 2.85. The molecule has 1 aromatic carbocycles. The van der Waals surface area contributed by atoms with Crippen LogP contribution in [0.15, 0.2) is 28.7 Å². The van der Waals surface area contributed by atoms with E-state index in [1.165, 1.54) is 0 Å². The van der Waals surface area contributed by atoms with E-state index in [-0.39, 0.29) is 17.5 Å². The van der Waals surface area contributed by atoms with Crippen LogP contribution in [0.2, 0.25) is 0 Å². The molecule has 3 rings (SSSR count). The molecule has 0 radical (unpaired) electrons. The number of nitrogens with two attached hydrogens (primary N) is 1. The summed E-state index contributed by atoms with van der Waals surface area (Å²) in [5.41, 5.74) is 8.87. The van der Waals surface area contributed by atoms with E-state index < -0.39 is 9.84 Å². The summed E-state index contributed by atoms with van der Waals surface area (Å²) in [6.07, 6.45) is 0.575. The van der Waals surface area contributed by atoms with Crippen LogP contribution >= 0.6 is 15.9 Å². The normalized spacial score (nSPS) is 20.8. The summed E-state index contributed by atoms with van der Waals surface area (Å²) >= 11 is 3.50. The SMILES string of the molecule is Cc1ccc(-c2cc(N)n(C3CCS(=O)(=O)C3)n2)cc1Br. The van der Waals surface area contributed by atoms with Crippen molar-refractivity contribution in [3.8, 4) is 11.3 Å². The van der Waals surface area contributed by atoms with E-state index in [1.807, 2.05) is 25.1 Å². The van der Waals surface area contributed by atoms with Gasteiger partial charge < -0.3 is 5.73 Å². The zero-order chi connectivity index (χ0) is 15.2. The highest BCUT2D eigenvalue weighted by Crippen LogP contribution is 2.30. The van der Waals surface area contributed by atoms with E-state index in [1.54, 1.807) is 10.7 Å². The average molecular weight is 370 g/mol. The number of halogens is 1. The maximum absolute atomic E-state index is 11.6. The number of aryl methyl sites for hydroxylation is 1. The van der Waals surface area contributed by atoms with Crippen molar-refractivity contribution in [1.82, 2.24) is 9.78 Å². The Kier molecular flexibility index (Phi) is 3.57.